The van der Waals surface area contributed by atoms with Gasteiger partial charge in [-0.05, 0) is 35.4 Å². The van der Waals surface area contributed by atoms with Gasteiger partial charge in [0.1, 0.15) is 11.3 Å². The molecule has 0 fully saturated rings. The summed E-state index contributed by atoms with van der Waals surface area (Å²) in [5, 5.41) is 1.16. The van der Waals surface area contributed by atoms with Gasteiger partial charge in [-0.2, -0.15) is 13.2 Å². The van der Waals surface area contributed by atoms with Gasteiger partial charge in [0.15, 0.2) is 6.61 Å². The van der Waals surface area contributed by atoms with Crippen LogP contribution < -0.4 is 10.2 Å². The van der Waals surface area contributed by atoms with Crippen LogP contribution in [0.3, 0.4) is 0 Å². The van der Waals surface area contributed by atoms with Crippen molar-refractivity contribution in [2.45, 2.75) is 13.1 Å². The summed E-state index contributed by atoms with van der Waals surface area (Å²) in [5.74, 6) is -1.95. The second-order valence-electron chi connectivity index (χ2n) is 6.91. The van der Waals surface area contributed by atoms with Crippen molar-refractivity contribution < 1.29 is 31.9 Å². The summed E-state index contributed by atoms with van der Waals surface area (Å²) in [6.07, 6.45) is -4.92. The molecule has 0 amide bonds. The van der Waals surface area contributed by atoms with Crippen LogP contribution in [0.4, 0.5) is 13.2 Å². The number of fused-ring (bicyclic) bond motifs is 2. The van der Waals surface area contributed by atoms with Crippen molar-refractivity contribution in [1.82, 2.24) is 0 Å². The minimum absolute atomic E-state index is 0.0376. The third-order valence-electron chi connectivity index (χ3n) is 4.84. The van der Waals surface area contributed by atoms with Gasteiger partial charge in [-0.1, -0.05) is 42.5 Å². The number of carbonyl (C=O) groups excluding carboxylic acids is 1. The Morgan fingerprint density at radius 2 is 1.75 bits per heavy atom. The first kappa shape index (κ1) is 21.4. The highest BCUT2D eigenvalue weighted by atomic mass is 19.4. The second kappa shape index (κ2) is 8.37. The molecule has 0 atom stereocenters. The van der Waals surface area contributed by atoms with Crippen LogP contribution in [-0.4, -0.2) is 19.2 Å². The number of ether oxygens (including phenoxy) is 2. The van der Waals surface area contributed by atoms with Crippen molar-refractivity contribution in [3.63, 3.8) is 0 Å². The van der Waals surface area contributed by atoms with E-state index in [1.807, 2.05) is 0 Å². The molecule has 3 aromatic carbocycles. The van der Waals surface area contributed by atoms with Gasteiger partial charge in [-0.25, -0.2) is 4.79 Å². The number of halogens is 3. The average molecular weight is 442 g/mol. The third-order valence-corrected chi connectivity index (χ3v) is 4.84. The molecule has 0 saturated carbocycles. The van der Waals surface area contributed by atoms with Crippen LogP contribution in [0, 0.1) is 0 Å². The Labute approximate surface area is 180 Å². The monoisotopic (exact) mass is 442 g/mol. The predicted octanol–water partition coefficient (Wildman–Crippen LogP) is 5.57. The van der Waals surface area contributed by atoms with Gasteiger partial charge in [0.2, 0.25) is 11.2 Å². The lowest BCUT2D eigenvalue weighted by Gasteiger charge is -2.15. The molecule has 4 rings (SSSR count). The molecule has 0 bridgehead atoms. The lowest BCUT2D eigenvalue weighted by molar-refractivity contribution is -0.152. The van der Waals surface area contributed by atoms with Crippen molar-refractivity contribution in [2.75, 3.05) is 13.2 Å². The van der Waals surface area contributed by atoms with E-state index in [4.69, 9.17) is 13.9 Å². The molecular weight excluding hydrogens is 425 g/mol. The smallest absolute Gasteiger partial charge is 0.450 e. The molecule has 32 heavy (non-hydrogen) atoms. The van der Waals surface area contributed by atoms with Gasteiger partial charge in [0.05, 0.1) is 17.6 Å². The number of hydrogen-bond donors (Lipinski definition) is 0. The number of alkyl halides is 3. The van der Waals surface area contributed by atoms with E-state index < -0.39 is 35.5 Å². The maximum atomic E-state index is 14.0. The fourth-order valence-electron chi connectivity index (χ4n) is 3.50. The van der Waals surface area contributed by atoms with Crippen LogP contribution in [0.5, 0.6) is 5.75 Å². The minimum Gasteiger partial charge on any atom is -0.482 e. The molecule has 5 nitrogen and oxygen atoms in total. The van der Waals surface area contributed by atoms with Crippen molar-refractivity contribution in [3.8, 4) is 16.9 Å². The highest BCUT2D eigenvalue weighted by Gasteiger charge is 2.39. The SMILES string of the molecule is CCOC(=O)COc1ccc2c(=O)c(-c3cccc4ccccc34)c(C(F)(F)F)oc2c1. The summed E-state index contributed by atoms with van der Waals surface area (Å²) in [6, 6.07) is 15.5. The largest absolute Gasteiger partial charge is 0.482 e. The molecule has 1 aromatic heterocycles. The third kappa shape index (κ3) is 4.03. The molecule has 0 spiro atoms. The highest BCUT2D eigenvalue weighted by molar-refractivity contribution is 5.98. The topological polar surface area (TPSA) is 65.7 Å². The number of carbonyl (C=O) groups is 1. The van der Waals surface area contributed by atoms with Crippen LogP contribution in [0.2, 0.25) is 0 Å². The van der Waals surface area contributed by atoms with E-state index in [-0.39, 0.29) is 28.9 Å². The minimum atomic E-state index is -4.92. The van der Waals surface area contributed by atoms with Crippen molar-refractivity contribution in [3.05, 3.63) is 76.6 Å². The van der Waals surface area contributed by atoms with Crippen molar-refractivity contribution in [1.29, 1.82) is 0 Å². The molecule has 4 aromatic rings. The lowest BCUT2D eigenvalue weighted by atomic mass is 9.96. The summed E-state index contributed by atoms with van der Waals surface area (Å²) in [5.41, 5.74) is -1.53. The van der Waals surface area contributed by atoms with Crippen LogP contribution in [0.25, 0.3) is 32.9 Å². The summed E-state index contributed by atoms with van der Waals surface area (Å²) >= 11 is 0. The van der Waals surface area contributed by atoms with E-state index in [1.54, 1.807) is 43.3 Å². The first-order chi connectivity index (χ1) is 15.3. The molecule has 164 valence electrons. The van der Waals surface area contributed by atoms with Crippen molar-refractivity contribution in [2.24, 2.45) is 0 Å². The number of esters is 1. The molecule has 8 heteroatoms. The van der Waals surface area contributed by atoms with E-state index in [2.05, 4.69) is 0 Å². The van der Waals surface area contributed by atoms with E-state index >= 15 is 0 Å². The zero-order chi connectivity index (χ0) is 22.9. The van der Waals surface area contributed by atoms with Gasteiger partial charge >= 0.3 is 12.1 Å². The average Bonchev–Trinajstić information content (AvgIpc) is 2.77. The molecule has 0 radical (unpaired) electrons. The predicted molar refractivity (Wildman–Crippen MR) is 113 cm³/mol. The van der Waals surface area contributed by atoms with E-state index in [0.29, 0.717) is 10.8 Å². The number of hydrogen-bond acceptors (Lipinski definition) is 5. The standard InChI is InChI=1S/C24H17F3O5/c1-2-30-20(28)13-31-15-10-11-18-19(12-15)32-23(24(25,26)27)21(22(18)29)17-9-5-7-14-6-3-4-8-16(14)17/h3-12H,2,13H2,1H3. The van der Waals surface area contributed by atoms with Gasteiger partial charge in [-0.3, -0.25) is 4.79 Å². The Morgan fingerprint density at radius 1 is 1.00 bits per heavy atom. The Morgan fingerprint density at radius 3 is 2.50 bits per heavy atom. The van der Waals surface area contributed by atoms with Crippen molar-refractivity contribution >= 4 is 27.7 Å². The Balaban J connectivity index is 1.90. The number of rotatable bonds is 5. The quantitative estimate of drug-likeness (QED) is 0.378. The first-order valence-electron chi connectivity index (χ1n) is 9.74. The van der Waals surface area contributed by atoms with Gasteiger partial charge in [0, 0.05) is 6.07 Å². The highest BCUT2D eigenvalue weighted by Crippen LogP contribution is 2.39. The Bertz CT molecular complexity index is 1370. The molecule has 0 aliphatic rings. The number of benzene rings is 3. The molecule has 0 unspecified atom stereocenters. The summed E-state index contributed by atoms with van der Waals surface area (Å²) < 4.78 is 57.1. The van der Waals surface area contributed by atoms with E-state index in [1.165, 1.54) is 18.2 Å². The Hall–Kier alpha value is -3.81. The normalized spacial score (nSPS) is 11.6. The summed E-state index contributed by atoms with van der Waals surface area (Å²) in [6.45, 7) is 1.37. The summed E-state index contributed by atoms with van der Waals surface area (Å²) in [7, 11) is 0. The first-order valence-corrected chi connectivity index (χ1v) is 9.74. The zero-order valence-electron chi connectivity index (χ0n) is 16.9. The molecule has 0 aliphatic carbocycles. The van der Waals surface area contributed by atoms with Crippen LogP contribution in [0.1, 0.15) is 12.7 Å². The van der Waals surface area contributed by atoms with E-state index in [9.17, 15) is 22.8 Å². The summed E-state index contributed by atoms with van der Waals surface area (Å²) in [4.78, 5) is 24.7. The van der Waals surface area contributed by atoms with Crippen LogP contribution in [0.15, 0.2) is 69.9 Å². The van der Waals surface area contributed by atoms with Crippen LogP contribution in [-0.2, 0) is 15.7 Å². The van der Waals surface area contributed by atoms with E-state index in [0.717, 1.165) is 6.07 Å². The molecule has 0 aliphatic heterocycles. The maximum Gasteiger partial charge on any atom is 0.450 e. The zero-order valence-corrected chi connectivity index (χ0v) is 16.9. The Kier molecular flexibility index (Phi) is 5.61. The van der Waals surface area contributed by atoms with Crippen LogP contribution >= 0.6 is 0 Å². The van der Waals surface area contributed by atoms with Gasteiger partial charge in [-0.15, -0.1) is 0 Å². The maximum absolute atomic E-state index is 14.0. The molecule has 0 N–H and O–H groups in total. The molecule has 1 heterocycles. The van der Waals surface area contributed by atoms with Gasteiger partial charge < -0.3 is 13.9 Å². The molecular formula is C24H17F3O5. The fourth-order valence-corrected chi connectivity index (χ4v) is 3.50. The second-order valence-corrected chi connectivity index (χ2v) is 6.91. The fraction of sp³-hybridized carbons (Fsp3) is 0.167. The molecule has 0 saturated heterocycles. The lowest BCUT2D eigenvalue weighted by Crippen LogP contribution is -2.17. The van der Waals surface area contributed by atoms with Gasteiger partial charge in [0.25, 0.3) is 0 Å².